The van der Waals surface area contributed by atoms with E-state index in [1.54, 1.807) is 0 Å². The quantitative estimate of drug-likeness (QED) is 0.509. The highest BCUT2D eigenvalue weighted by molar-refractivity contribution is 9.12. The van der Waals surface area contributed by atoms with Crippen molar-refractivity contribution in [2.45, 2.75) is 0 Å². The molecule has 0 rings (SSSR count). The molecule has 0 saturated heterocycles. The fourth-order valence-corrected chi connectivity index (χ4v) is 0. The molecule has 0 amide bonds. The van der Waals surface area contributed by atoms with E-state index in [9.17, 15) is 4.39 Å². The zero-order chi connectivity index (χ0) is 4.28. The molecule has 30 valence electrons. The summed E-state index contributed by atoms with van der Waals surface area (Å²) in [7, 11) is 0. The topological polar surface area (TPSA) is 0 Å². The molecule has 0 heterocycles. The maximum absolute atomic E-state index is 10.8. The molecule has 0 radical (unpaired) electrons. The van der Waals surface area contributed by atoms with Crippen LogP contribution in [0.2, 0.25) is 0 Å². The molecule has 0 aromatic heterocycles. The minimum Gasteiger partial charge on any atom is -0.213 e. The first kappa shape index (κ1) is 5.44. The summed E-state index contributed by atoms with van der Waals surface area (Å²) < 4.78 is 10.8. The van der Waals surface area contributed by atoms with Crippen LogP contribution in [0, 0.1) is 0 Å². The number of hydrogen-bond acceptors (Lipinski definition) is 0. The molecule has 0 spiro atoms. The summed E-state index contributed by atoms with van der Waals surface area (Å²) in [4.78, 5) is 0. The molecule has 5 heavy (non-hydrogen) atoms. The Kier molecular flexibility index (Phi) is 2.90. The van der Waals surface area contributed by atoms with Gasteiger partial charge in [0.2, 0.25) is 0 Å². The molecule has 0 fully saturated rings. The van der Waals surface area contributed by atoms with Crippen molar-refractivity contribution in [1.29, 1.82) is 0 Å². The maximum atomic E-state index is 10.8. The summed E-state index contributed by atoms with van der Waals surface area (Å²) in [5, 5.41) is 0. The van der Waals surface area contributed by atoms with Crippen molar-refractivity contribution in [2.75, 3.05) is 0 Å². The van der Waals surface area contributed by atoms with Crippen molar-refractivity contribution in [2.24, 2.45) is 0 Å². The highest BCUT2D eigenvalue weighted by atomic mass is 79.9. The van der Waals surface area contributed by atoms with Crippen LogP contribution < -0.4 is 0 Å². The van der Waals surface area contributed by atoms with Crippen LogP contribution in [0.4, 0.5) is 4.39 Å². The minimum atomic E-state index is -0.00231. The Morgan fingerprint density at radius 1 is 2.00 bits per heavy atom. The molecular formula is C2HBrClF. The second-order valence-corrected chi connectivity index (χ2v) is 2.12. The van der Waals surface area contributed by atoms with Crippen LogP contribution >= 0.6 is 27.5 Å². The number of halogens is 3. The molecule has 0 unspecified atom stereocenters. The van der Waals surface area contributed by atoms with E-state index in [0.29, 0.717) is 0 Å². The molecule has 3 heteroatoms. The van der Waals surface area contributed by atoms with Gasteiger partial charge in [-0.1, -0.05) is 11.6 Å². The Morgan fingerprint density at radius 2 is 2.20 bits per heavy atom. The van der Waals surface area contributed by atoms with E-state index < -0.39 is 0 Å². The van der Waals surface area contributed by atoms with Crippen molar-refractivity contribution >= 4 is 27.5 Å². The molecule has 0 nitrogen and oxygen atoms in total. The van der Waals surface area contributed by atoms with Gasteiger partial charge in [-0.25, -0.2) is 4.39 Å². The normalized spacial score (nSPS) is 12.2. The Bertz CT molecular complexity index is 47.6. The third-order valence-electron chi connectivity index (χ3n) is 0.0825. The van der Waals surface area contributed by atoms with Gasteiger partial charge in [-0.3, -0.25) is 0 Å². The summed E-state index contributed by atoms with van der Waals surface area (Å²) in [5.41, 5.74) is 0. The van der Waals surface area contributed by atoms with Gasteiger partial charge in [-0.15, -0.1) is 0 Å². The lowest BCUT2D eigenvalue weighted by molar-refractivity contribution is 0.722. The van der Waals surface area contributed by atoms with Gasteiger partial charge in [-0.2, -0.15) is 0 Å². The summed E-state index contributed by atoms with van der Waals surface area (Å²) in [5.74, 6) is 0. The van der Waals surface area contributed by atoms with E-state index in [1.165, 1.54) is 0 Å². The fraction of sp³-hybridized carbons (Fsp3) is 0. The van der Waals surface area contributed by atoms with Crippen molar-refractivity contribution in [3.63, 3.8) is 0 Å². The largest absolute Gasteiger partial charge is 0.213 e. The van der Waals surface area contributed by atoms with Crippen LogP contribution in [-0.4, -0.2) is 0 Å². The predicted octanol–water partition coefficient (Wildman–Crippen LogP) is 2.39. The van der Waals surface area contributed by atoms with Crippen LogP contribution in [0.5, 0.6) is 0 Å². The van der Waals surface area contributed by atoms with Crippen molar-refractivity contribution in [1.82, 2.24) is 0 Å². The van der Waals surface area contributed by atoms with Crippen LogP contribution in [0.3, 0.4) is 0 Å². The molecule has 0 aliphatic rings. The summed E-state index contributed by atoms with van der Waals surface area (Å²) >= 11 is 7.49. The molecule has 0 aliphatic carbocycles. The monoisotopic (exact) mass is 158 g/mol. The number of rotatable bonds is 0. The van der Waals surface area contributed by atoms with Gasteiger partial charge in [0.05, 0.1) is 0 Å². The lowest BCUT2D eigenvalue weighted by Crippen LogP contribution is -1.34. The van der Waals surface area contributed by atoms with Gasteiger partial charge in [-0.05, 0) is 15.9 Å². The highest BCUT2D eigenvalue weighted by Crippen LogP contribution is 2.07. The van der Waals surface area contributed by atoms with Crippen LogP contribution in [0.1, 0.15) is 0 Å². The zero-order valence-electron chi connectivity index (χ0n) is 2.21. The molecule has 0 aliphatic heterocycles. The van der Waals surface area contributed by atoms with Crippen LogP contribution in [0.15, 0.2) is 10.3 Å². The van der Waals surface area contributed by atoms with Gasteiger partial charge in [0, 0.05) is 0 Å². The third kappa shape index (κ3) is 4.44. The summed E-state index contributed by atoms with van der Waals surface area (Å²) in [6.45, 7) is 0. The summed E-state index contributed by atoms with van der Waals surface area (Å²) in [6.07, 6.45) is 0.265. The van der Waals surface area contributed by atoms with Gasteiger partial charge in [0.15, 0.2) is 0 Å². The van der Waals surface area contributed by atoms with Gasteiger partial charge < -0.3 is 0 Å². The van der Waals surface area contributed by atoms with Crippen LogP contribution in [-0.2, 0) is 0 Å². The molecule has 0 bridgehead atoms. The first-order valence-electron chi connectivity index (χ1n) is 0.885. The second-order valence-electron chi connectivity index (χ2n) is 0.399. The average Bonchev–Trinajstić information content (AvgIpc) is 1.38. The van der Waals surface area contributed by atoms with E-state index in [4.69, 9.17) is 11.6 Å². The molecule has 0 saturated carbocycles. The van der Waals surface area contributed by atoms with E-state index in [0.717, 1.165) is 0 Å². The summed E-state index contributed by atoms with van der Waals surface area (Å²) in [6, 6.07) is 0. The Labute approximate surface area is 42.8 Å². The zero-order valence-corrected chi connectivity index (χ0v) is 4.55. The first-order chi connectivity index (χ1) is 2.27. The number of hydrogen-bond donors (Lipinski definition) is 0. The molecular weight excluding hydrogens is 158 g/mol. The molecule has 0 aromatic rings. The predicted molar refractivity (Wildman–Crippen MR) is 24.0 cm³/mol. The average molecular weight is 159 g/mol. The van der Waals surface area contributed by atoms with Crippen LogP contribution in [0.25, 0.3) is 0 Å². The van der Waals surface area contributed by atoms with Crippen molar-refractivity contribution < 1.29 is 4.39 Å². The first-order valence-corrected chi connectivity index (χ1v) is 2.06. The fourth-order valence-electron chi connectivity index (χ4n) is 0. The van der Waals surface area contributed by atoms with E-state index in [1.807, 2.05) is 0 Å². The Balaban J connectivity index is 3.14. The van der Waals surface area contributed by atoms with Crippen molar-refractivity contribution in [3.05, 3.63) is 10.3 Å². The second kappa shape index (κ2) is 2.67. The molecule has 0 aromatic carbocycles. The lowest BCUT2D eigenvalue weighted by atomic mass is 11.2. The Hall–Kier alpha value is 0.440. The standard InChI is InChI=1S/C2HBrClF/c3-2(4)1-5/h1H. The van der Waals surface area contributed by atoms with Gasteiger partial charge >= 0.3 is 0 Å². The highest BCUT2D eigenvalue weighted by Gasteiger charge is 1.71. The smallest absolute Gasteiger partial charge is 0.112 e. The molecule has 0 N–H and O–H groups in total. The van der Waals surface area contributed by atoms with Gasteiger partial charge in [0.25, 0.3) is 0 Å². The van der Waals surface area contributed by atoms with E-state index in [2.05, 4.69) is 15.9 Å². The lowest BCUT2D eigenvalue weighted by Gasteiger charge is -1.63. The van der Waals surface area contributed by atoms with Gasteiger partial charge in [0.1, 0.15) is 10.3 Å². The molecule has 0 atom stereocenters. The van der Waals surface area contributed by atoms with E-state index >= 15 is 0 Å². The third-order valence-corrected chi connectivity index (χ3v) is 0.338. The maximum Gasteiger partial charge on any atom is 0.112 e. The Morgan fingerprint density at radius 3 is 2.20 bits per heavy atom. The van der Waals surface area contributed by atoms with Crippen molar-refractivity contribution in [3.8, 4) is 0 Å². The SMILES string of the molecule is FC=C(Cl)Br. The van der Waals surface area contributed by atoms with E-state index in [-0.39, 0.29) is 10.3 Å². The minimum absolute atomic E-state index is 0.00231.